The zero-order valence-corrected chi connectivity index (χ0v) is 24.9. The number of hydrogen-bond donors (Lipinski definition) is 1. The number of benzene rings is 3. The summed E-state index contributed by atoms with van der Waals surface area (Å²) in [5.74, 6) is -1.05. The molecular formula is C34H39N3O6. The van der Waals surface area contributed by atoms with Crippen molar-refractivity contribution in [2.24, 2.45) is 11.8 Å². The van der Waals surface area contributed by atoms with E-state index in [1.165, 1.54) is 0 Å². The highest BCUT2D eigenvalue weighted by atomic mass is 16.6. The van der Waals surface area contributed by atoms with Crippen molar-refractivity contribution in [1.82, 2.24) is 4.90 Å². The van der Waals surface area contributed by atoms with E-state index >= 15 is 0 Å². The Kier molecular flexibility index (Phi) is 8.89. The predicted octanol–water partition coefficient (Wildman–Crippen LogP) is 6.21. The van der Waals surface area contributed by atoms with Gasteiger partial charge in [0.1, 0.15) is 18.0 Å². The van der Waals surface area contributed by atoms with Gasteiger partial charge in [0.15, 0.2) is 0 Å². The van der Waals surface area contributed by atoms with Gasteiger partial charge >= 0.3 is 18.1 Å². The van der Waals surface area contributed by atoms with Gasteiger partial charge in [-0.25, -0.2) is 9.59 Å². The molecule has 2 heterocycles. The lowest BCUT2D eigenvalue weighted by atomic mass is 9.86. The van der Waals surface area contributed by atoms with Crippen LogP contribution in [-0.2, 0) is 22.6 Å². The third-order valence-corrected chi connectivity index (χ3v) is 7.83. The van der Waals surface area contributed by atoms with Crippen LogP contribution in [0.15, 0.2) is 78.9 Å². The van der Waals surface area contributed by atoms with Crippen molar-refractivity contribution in [1.29, 1.82) is 0 Å². The number of nitrogens with zero attached hydrogens (tertiary/aromatic N) is 3. The second-order valence-electron chi connectivity index (χ2n) is 12.2. The number of urea groups is 1. The molecule has 2 aliphatic rings. The summed E-state index contributed by atoms with van der Waals surface area (Å²) in [5, 5.41) is 10.1. The summed E-state index contributed by atoms with van der Waals surface area (Å²) in [6, 6.07) is 24.8. The molecule has 0 saturated carbocycles. The number of amides is 3. The third kappa shape index (κ3) is 7.46. The van der Waals surface area contributed by atoms with Crippen LogP contribution >= 0.6 is 0 Å². The summed E-state index contributed by atoms with van der Waals surface area (Å²) in [7, 11) is 0. The number of carboxylic acid groups (broad SMARTS) is 1. The molecule has 5 rings (SSSR count). The van der Waals surface area contributed by atoms with Crippen LogP contribution in [0.25, 0.3) is 0 Å². The van der Waals surface area contributed by atoms with E-state index in [0.29, 0.717) is 51.4 Å². The highest BCUT2D eigenvalue weighted by molar-refractivity contribution is 6.06. The van der Waals surface area contributed by atoms with Gasteiger partial charge in [-0.05, 0) is 74.9 Å². The minimum Gasteiger partial charge on any atom is -0.489 e. The molecule has 0 spiro atoms. The van der Waals surface area contributed by atoms with Gasteiger partial charge < -0.3 is 19.5 Å². The average Bonchev–Trinajstić information content (AvgIpc) is 3.62. The number of ether oxygens (including phenoxy) is 2. The molecule has 0 bridgehead atoms. The Hall–Kier alpha value is -4.53. The van der Waals surface area contributed by atoms with Crippen LogP contribution in [0.1, 0.15) is 38.3 Å². The number of hydrogen-bond acceptors (Lipinski definition) is 5. The van der Waals surface area contributed by atoms with Crippen LogP contribution in [0, 0.1) is 11.8 Å². The molecule has 2 aliphatic heterocycles. The zero-order valence-electron chi connectivity index (χ0n) is 24.9. The highest BCUT2D eigenvalue weighted by Gasteiger charge is 2.37. The largest absolute Gasteiger partial charge is 0.489 e. The number of carboxylic acids is 1. The number of rotatable bonds is 9. The van der Waals surface area contributed by atoms with Crippen molar-refractivity contribution in [2.45, 2.75) is 45.8 Å². The first-order valence-corrected chi connectivity index (χ1v) is 14.7. The van der Waals surface area contributed by atoms with E-state index in [9.17, 15) is 19.5 Å². The Balaban J connectivity index is 1.23. The number of carbonyl (C=O) groups is 3. The molecule has 2 atom stereocenters. The van der Waals surface area contributed by atoms with Crippen molar-refractivity contribution < 1.29 is 29.0 Å². The molecule has 1 unspecified atom stereocenters. The first-order valence-electron chi connectivity index (χ1n) is 14.7. The SMILES string of the molecule is CC(C)(C)OC(=O)N1CC[C@H](C(Cc2cccc(N3CCN(c4cccc(OCc5ccccc5)c4)C3=O)c2)C(=O)O)C1. The number of carbonyl (C=O) groups excluding carboxylic acids is 2. The Labute approximate surface area is 252 Å². The van der Waals surface area contributed by atoms with Crippen LogP contribution in [0.5, 0.6) is 5.75 Å². The van der Waals surface area contributed by atoms with Gasteiger partial charge in [-0.3, -0.25) is 14.6 Å². The summed E-state index contributed by atoms with van der Waals surface area (Å²) < 4.78 is 11.4. The van der Waals surface area contributed by atoms with E-state index in [4.69, 9.17) is 9.47 Å². The van der Waals surface area contributed by atoms with E-state index in [2.05, 4.69) is 0 Å². The Morgan fingerprint density at radius 3 is 2.21 bits per heavy atom. The van der Waals surface area contributed by atoms with Gasteiger partial charge in [0.25, 0.3) is 0 Å². The molecule has 0 radical (unpaired) electrons. The van der Waals surface area contributed by atoms with Gasteiger partial charge in [0.2, 0.25) is 0 Å². The lowest BCUT2D eigenvalue weighted by Gasteiger charge is -2.25. The van der Waals surface area contributed by atoms with Crippen LogP contribution in [0.4, 0.5) is 21.0 Å². The van der Waals surface area contributed by atoms with E-state index in [1.807, 2.05) is 99.6 Å². The molecule has 9 heteroatoms. The molecule has 43 heavy (non-hydrogen) atoms. The molecule has 3 aromatic carbocycles. The van der Waals surface area contributed by atoms with E-state index < -0.39 is 23.6 Å². The van der Waals surface area contributed by atoms with Gasteiger partial charge in [-0.2, -0.15) is 0 Å². The van der Waals surface area contributed by atoms with Crippen molar-refractivity contribution in [3.63, 3.8) is 0 Å². The second-order valence-corrected chi connectivity index (χ2v) is 12.2. The smallest absolute Gasteiger partial charge is 0.410 e. The van der Waals surface area contributed by atoms with E-state index in [-0.39, 0.29) is 11.9 Å². The predicted molar refractivity (Wildman–Crippen MR) is 164 cm³/mol. The molecule has 3 amide bonds. The lowest BCUT2D eigenvalue weighted by molar-refractivity contribution is -0.143. The topological polar surface area (TPSA) is 99.6 Å². The van der Waals surface area contributed by atoms with Crippen molar-refractivity contribution in [3.8, 4) is 5.75 Å². The molecule has 1 N–H and O–H groups in total. The molecule has 2 saturated heterocycles. The highest BCUT2D eigenvalue weighted by Crippen LogP contribution is 2.32. The summed E-state index contributed by atoms with van der Waals surface area (Å²) in [6.45, 7) is 7.73. The lowest BCUT2D eigenvalue weighted by Crippen LogP contribution is -2.36. The standard InChI is InChI=1S/C34H39N3O6/c1-34(2,3)43-33(41)35-16-15-26(22-35)30(31(38)39)20-25-11-7-12-27(19-25)36-17-18-37(32(36)40)28-13-8-14-29(21-28)42-23-24-9-5-4-6-10-24/h4-14,19,21,26,30H,15-18,20,22-23H2,1-3H3,(H,38,39)/t26-,30?/m0/s1. The Morgan fingerprint density at radius 2 is 1.53 bits per heavy atom. The van der Waals surface area contributed by atoms with Crippen LogP contribution in [0.2, 0.25) is 0 Å². The average molecular weight is 586 g/mol. The van der Waals surface area contributed by atoms with Crippen molar-refractivity contribution >= 4 is 29.5 Å². The maximum atomic E-state index is 13.5. The van der Waals surface area contributed by atoms with Crippen molar-refractivity contribution in [3.05, 3.63) is 90.0 Å². The monoisotopic (exact) mass is 585 g/mol. The number of aliphatic carboxylic acids is 1. The third-order valence-electron chi connectivity index (χ3n) is 7.83. The fourth-order valence-corrected chi connectivity index (χ4v) is 5.67. The first-order chi connectivity index (χ1) is 20.6. The van der Waals surface area contributed by atoms with E-state index in [1.54, 1.807) is 14.7 Å². The second kappa shape index (κ2) is 12.8. The van der Waals surface area contributed by atoms with Gasteiger partial charge in [-0.1, -0.05) is 48.5 Å². The molecule has 9 nitrogen and oxygen atoms in total. The van der Waals surface area contributed by atoms with Crippen molar-refractivity contribution in [2.75, 3.05) is 36.0 Å². The molecule has 3 aromatic rings. The number of likely N-dealkylation sites (tertiary alicyclic amines) is 1. The van der Waals surface area contributed by atoms with Gasteiger partial charge in [0, 0.05) is 43.6 Å². The fraction of sp³-hybridized carbons (Fsp3) is 0.382. The normalized spacial score (nSPS) is 17.7. The van der Waals surface area contributed by atoms with Crippen LogP contribution < -0.4 is 14.5 Å². The maximum absolute atomic E-state index is 13.5. The number of anilines is 2. The van der Waals surface area contributed by atoms with Gasteiger partial charge in [0.05, 0.1) is 5.92 Å². The quantitative estimate of drug-likeness (QED) is 0.320. The molecule has 226 valence electrons. The molecule has 0 aliphatic carbocycles. The minimum atomic E-state index is -0.890. The first kappa shape index (κ1) is 29.9. The van der Waals surface area contributed by atoms with Gasteiger partial charge in [-0.15, -0.1) is 0 Å². The molecule has 2 fully saturated rings. The summed E-state index contributed by atoms with van der Waals surface area (Å²) in [5.41, 5.74) is 2.78. The minimum absolute atomic E-state index is 0.143. The van der Waals surface area contributed by atoms with E-state index in [0.717, 1.165) is 22.5 Å². The molecule has 0 aromatic heterocycles. The van der Waals surface area contributed by atoms with Crippen LogP contribution in [0.3, 0.4) is 0 Å². The zero-order chi connectivity index (χ0) is 30.6. The Bertz CT molecular complexity index is 1450. The molecular weight excluding hydrogens is 546 g/mol. The summed E-state index contributed by atoms with van der Waals surface area (Å²) in [4.78, 5) is 43.4. The fourth-order valence-electron chi connectivity index (χ4n) is 5.67. The Morgan fingerprint density at radius 1 is 0.884 bits per heavy atom. The maximum Gasteiger partial charge on any atom is 0.410 e. The van der Waals surface area contributed by atoms with Crippen LogP contribution in [-0.4, -0.2) is 59.9 Å². The summed E-state index contributed by atoms with van der Waals surface area (Å²) in [6.07, 6.45) is 0.498. The summed E-state index contributed by atoms with van der Waals surface area (Å²) >= 11 is 0.